The molecule has 1 aromatic heterocycles. The Morgan fingerprint density at radius 2 is 1.94 bits per heavy atom. The second-order valence-electron chi connectivity index (χ2n) is 3.30. The minimum absolute atomic E-state index is 0.276. The summed E-state index contributed by atoms with van der Waals surface area (Å²) < 4.78 is 0.992. The van der Waals surface area contributed by atoms with Gasteiger partial charge in [-0.05, 0) is 46.9 Å². The molecule has 2 N–H and O–H groups in total. The van der Waals surface area contributed by atoms with Crippen molar-refractivity contribution in [3.63, 3.8) is 0 Å². The first-order valence-electron chi connectivity index (χ1n) is 4.98. The first-order chi connectivity index (χ1) is 8.25. The molecule has 1 heterocycles. The van der Waals surface area contributed by atoms with Gasteiger partial charge in [-0.15, -0.1) is 0 Å². The van der Waals surface area contributed by atoms with Crippen LogP contribution in [0.15, 0.2) is 48.8 Å². The van der Waals surface area contributed by atoms with Crippen LogP contribution >= 0.6 is 22.6 Å². The third-order valence-electron chi connectivity index (χ3n) is 2.04. The molecule has 17 heavy (non-hydrogen) atoms. The Kier molecular flexibility index (Phi) is 3.92. The molecule has 0 aliphatic carbocycles. The number of benzene rings is 1. The van der Waals surface area contributed by atoms with Crippen LogP contribution in [0.2, 0.25) is 0 Å². The third kappa shape index (κ3) is 3.42. The molecule has 4 nitrogen and oxygen atoms in total. The second kappa shape index (κ2) is 5.62. The van der Waals surface area contributed by atoms with Gasteiger partial charge in [-0.1, -0.05) is 12.1 Å². The first kappa shape index (κ1) is 11.8. The fourth-order valence-corrected chi connectivity index (χ4v) is 1.81. The molecule has 2 aromatic rings. The Balaban J connectivity index is 2.01. The molecule has 86 valence electrons. The number of pyridine rings is 1. The van der Waals surface area contributed by atoms with Gasteiger partial charge >= 0.3 is 6.03 Å². The first-order valence-corrected chi connectivity index (χ1v) is 6.06. The van der Waals surface area contributed by atoms with Gasteiger partial charge in [0.25, 0.3) is 0 Å². The minimum atomic E-state index is -0.276. The van der Waals surface area contributed by atoms with Gasteiger partial charge in [0.1, 0.15) is 0 Å². The highest BCUT2D eigenvalue weighted by molar-refractivity contribution is 14.1. The number of anilines is 2. The summed E-state index contributed by atoms with van der Waals surface area (Å²) >= 11 is 2.17. The molecule has 2 rings (SSSR count). The molecule has 2 amide bonds. The number of nitrogens with zero attached hydrogens (tertiary/aromatic N) is 1. The molecule has 0 aliphatic heterocycles. The predicted octanol–water partition coefficient (Wildman–Crippen LogP) is 3.33. The number of amides is 2. The van der Waals surface area contributed by atoms with Crippen molar-refractivity contribution in [1.82, 2.24) is 4.98 Å². The van der Waals surface area contributed by atoms with Crippen LogP contribution in [0.25, 0.3) is 0 Å². The second-order valence-corrected chi connectivity index (χ2v) is 4.46. The number of aromatic nitrogens is 1. The van der Waals surface area contributed by atoms with Gasteiger partial charge in [-0.3, -0.25) is 4.98 Å². The summed E-state index contributed by atoms with van der Waals surface area (Å²) in [6.45, 7) is 0. The SMILES string of the molecule is O=C(Nc1cccnc1)Nc1ccccc1I. The Morgan fingerprint density at radius 3 is 2.65 bits per heavy atom. The number of carbonyl (C=O) groups is 1. The quantitative estimate of drug-likeness (QED) is 0.825. The van der Waals surface area contributed by atoms with Crippen LogP contribution in [0.4, 0.5) is 16.2 Å². The van der Waals surface area contributed by atoms with Gasteiger partial charge in [0, 0.05) is 9.77 Å². The lowest BCUT2D eigenvalue weighted by molar-refractivity contribution is 0.262. The average Bonchev–Trinajstić information content (AvgIpc) is 2.33. The van der Waals surface area contributed by atoms with Gasteiger partial charge < -0.3 is 10.6 Å². The van der Waals surface area contributed by atoms with E-state index in [1.54, 1.807) is 24.5 Å². The lowest BCUT2D eigenvalue weighted by Gasteiger charge is -2.08. The van der Waals surface area contributed by atoms with Crippen molar-refractivity contribution in [2.45, 2.75) is 0 Å². The summed E-state index contributed by atoms with van der Waals surface area (Å²) in [5.41, 5.74) is 1.45. The maximum Gasteiger partial charge on any atom is 0.323 e. The van der Waals surface area contributed by atoms with E-state index in [2.05, 4.69) is 38.2 Å². The lowest BCUT2D eigenvalue weighted by atomic mass is 10.3. The standard InChI is InChI=1S/C12H10IN3O/c13-10-5-1-2-6-11(10)16-12(17)15-9-4-3-7-14-8-9/h1-8H,(H2,15,16,17). The van der Waals surface area contributed by atoms with E-state index in [-0.39, 0.29) is 6.03 Å². The van der Waals surface area contributed by atoms with E-state index in [0.717, 1.165) is 9.26 Å². The highest BCUT2D eigenvalue weighted by Gasteiger charge is 2.04. The summed E-state index contributed by atoms with van der Waals surface area (Å²) in [6, 6.07) is 10.9. The van der Waals surface area contributed by atoms with E-state index < -0.39 is 0 Å². The Morgan fingerprint density at radius 1 is 1.12 bits per heavy atom. The summed E-state index contributed by atoms with van der Waals surface area (Å²) in [4.78, 5) is 15.6. The van der Waals surface area contributed by atoms with Gasteiger partial charge in [0.05, 0.1) is 17.6 Å². The average molecular weight is 339 g/mol. The summed E-state index contributed by atoms with van der Waals surface area (Å²) in [6.07, 6.45) is 3.25. The maximum atomic E-state index is 11.7. The van der Waals surface area contributed by atoms with Crippen LogP contribution in [-0.4, -0.2) is 11.0 Å². The van der Waals surface area contributed by atoms with E-state index in [0.29, 0.717) is 5.69 Å². The smallest absolute Gasteiger partial charge is 0.307 e. The van der Waals surface area contributed by atoms with E-state index >= 15 is 0 Å². The zero-order chi connectivity index (χ0) is 12.1. The zero-order valence-electron chi connectivity index (χ0n) is 8.85. The molecule has 5 heteroatoms. The highest BCUT2D eigenvalue weighted by Crippen LogP contribution is 2.17. The molecule has 0 aliphatic rings. The van der Waals surface area contributed by atoms with E-state index in [4.69, 9.17) is 0 Å². The number of halogens is 1. The molecule has 0 atom stereocenters. The maximum absolute atomic E-state index is 11.7. The Bertz CT molecular complexity index is 516. The van der Waals surface area contributed by atoms with Crippen molar-refractivity contribution < 1.29 is 4.79 Å². The Labute approximate surface area is 113 Å². The van der Waals surface area contributed by atoms with Crippen LogP contribution in [-0.2, 0) is 0 Å². The molecule has 0 radical (unpaired) electrons. The van der Waals surface area contributed by atoms with Crippen LogP contribution in [0.3, 0.4) is 0 Å². The van der Waals surface area contributed by atoms with Crippen LogP contribution < -0.4 is 10.6 Å². The summed E-state index contributed by atoms with van der Waals surface area (Å²) in [5.74, 6) is 0. The number of carbonyl (C=O) groups excluding carboxylic acids is 1. The van der Waals surface area contributed by atoms with Crippen molar-refractivity contribution in [2.24, 2.45) is 0 Å². The fraction of sp³-hybridized carbons (Fsp3) is 0. The van der Waals surface area contributed by atoms with Crippen molar-refractivity contribution in [3.8, 4) is 0 Å². The number of para-hydroxylation sites is 1. The minimum Gasteiger partial charge on any atom is -0.307 e. The number of hydrogen-bond donors (Lipinski definition) is 2. The highest BCUT2D eigenvalue weighted by atomic mass is 127. The van der Waals surface area contributed by atoms with Gasteiger partial charge in [-0.25, -0.2) is 4.79 Å². The van der Waals surface area contributed by atoms with Crippen LogP contribution in [0.1, 0.15) is 0 Å². The topological polar surface area (TPSA) is 54.0 Å². The van der Waals surface area contributed by atoms with Crippen molar-refractivity contribution in [3.05, 3.63) is 52.4 Å². The molecule has 0 saturated carbocycles. The summed E-state index contributed by atoms with van der Waals surface area (Å²) in [5, 5.41) is 5.48. The molecule has 0 saturated heterocycles. The normalized spacial score (nSPS) is 9.71. The largest absolute Gasteiger partial charge is 0.323 e. The van der Waals surface area contributed by atoms with Gasteiger partial charge in [0.15, 0.2) is 0 Å². The van der Waals surface area contributed by atoms with Crippen LogP contribution in [0, 0.1) is 3.57 Å². The molecule has 0 fully saturated rings. The number of rotatable bonds is 2. The molecule has 1 aromatic carbocycles. The van der Waals surface area contributed by atoms with Crippen LogP contribution in [0.5, 0.6) is 0 Å². The molecule has 0 spiro atoms. The van der Waals surface area contributed by atoms with Crippen molar-refractivity contribution >= 4 is 40.0 Å². The predicted molar refractivity (Wildman–Crippen MR) is 76.0 cm³/mol. The van der Waals surface area contributed by atoms with Gasteiger partial charge in [-0.2, -0.15) is 0 Å². The number of nitrogens with one attached hydrogen (secondary N) is 2. The van der Waals surface area contributed by atoms with E-state index in [1.165, 1.54) is 0 Å². The third-order valence-corrected chi connectivity index (χ3v) is 2.98. The monoisotopic (exact) mass is 339 g/mol. The lowest BCUT2D eigenvalue weighted by Crippen LogP contribution is -2.19. The fourth-order valence-electron chi connectivity index (χ4n) is 1.28. The molecule has 0 unspecified atom stereocenters. The van der Waals surface area contributed by atoms with E-state index in [1.807, 2.05) is 24.3 Å². The molecular weight excluding hydrogens is 329 g/mol. The number of urea groups is 1. The zero-order valence-corrected chi connectivity index (χ0v) is 11.0. The molecular formula is C12H10IN3O. The van der Waals surface area contributed by atoms with Crippen molar-refractivity contribution in [2.75, 3.05) is 10.6 Å². The number of hydrogen-bond acceptors (Lipinski definition) is 2. The Hall–Kier alpha value is -1.63. The molecule has 0 bridgehead atoms. The van der Waals surface area contributed by atoms with Gasteiger partial charge in [0.2, 0.25) is 0 Å². The summed E-state index contributed by atoms with van der Waals surface area (Å²) in [7, 11) is 0. The van der Waals surface area contributed by atoms with Crippen molar-refractivity contribution in [1.29, 1.82) is 0 Å². The van der Waals surface area contributed by atoms with E-state index in [9.17, 15) is 4.79 Å².